The molecule has 0 unspecified atom stereocenters. The predicted molar refractivity (Wildman–Crippen MR) is 309 cm³/mol. The van der Waals surface area contributed by atoms with Crippen molar-refractivity contribution in [1.82, 2.24) is 34.5 Å². The van der Waals surface area contributed by atoms with Crippen LogP contribution < -0.4 is 4.90 Å². The van der Waals surface area contributed by atoms with Crippen molar-refractivity contribution in [1.29, 1.82) is 0 Å². The third-order valence-corrected chi connectivity index (χ3v) is 14.2. The third-order valence-electron chi connectivity index (χ3n) is 14.2. The Kier molecular flexibility index (Phi) is 11.2. The van der Waals surface area contributed by atoms with Crippen molar-refractivity contribution in [2.24, 2.45) is 0 Å². The average Bonchev–Trinajstić information content (AvgIpc) is 4.20. The minimum absolute atomic E-state index is 0.301. The molecule has 1 aliphatic heterocycles. The highest BCUT2D eigenvalue weighted by Gasteiger charge is 2.40. The SMILES string of the molecule is O=C1c2cccc(-n3c4ccc(-c5nc(-c6ccccc6)nc(-c6ccccc6)n5)cc4c4cc(-c5nc(-c6ccccc6)nc(-c6ccccc6)n5)ccc43)c2C(=O)N1c1ccc(-c2ccccc2)cc1-c1ccccc1. The summed E-state index contributed by atoms with van der Waals surface area (Å²) in [6.45, 7) is 0. The van der Waals surface area contributed by atoms with Crippen LogP contribution in [0.4, 0.5) is 5.69 Å². The first-order valence-electron chi connectivity index (χ1n) is 25.6. The van der Waals surface area contributed by atoms with Crippen molar-refractivity contribution < 1.29 is 9.59 Å². The summed E-state index contributed by atoms with van der Waals surface area (Å²) < 4.78 is 2.08. The van der Waals surface area contributed by atoms with Crippen LogP contribution in [0.1, 0.15) is 20.7 Å². The molecule has 78 heavy (non-hydrogen) atoms. The van der Waals surface area contributed by atoms with Gasteiger partial charge in [0.15, 0.2) is 34.9 Å². The monoisotopic (exact) mass is 1000 g/mol. The fraction of sp³-hybridized carbons (Fsp3) is 0. The number of imide groups is 1. The zero-order valence-electron chi connectivity index (χ0n) is 41.6. The zero-order valence-corrected chi connectivity index (χ0v) is 41.6. The number of aromatic nitrogens is 7. The largest absolute Gasteiger partial charge is 0.308 e. The molecule has 0 bridgehead atoms. The number of anilines is 1. The second-order valence-corrected chi connectivity index (χ2v) is 19.0. The second kappa shape index (κ2) is 19.1. The summed E-state index contributed by atoms with van der Waals surface area (Å²) >= 11 is 0. The van der Waals surface area contributed by atoms with E-state index in [1.165, 1.54) is 4.90 Å². The first-order chi connectivity index (χ1) is 38.5. The second-order valence-electron chi connectivity index (χ2n) is 19.0. The summed E-state index contributed by atoms with van der Waals surface area (Å²) in [5.74, 6) is 2.33. The summed E-state index contributed by atoms with van der Waals surface area (Å²) in [7, 11) is 0. The van der Waals surface area contributed by atoms with E-state index in [1.54, 1.807) is 6.07 Å². The molecule has 1 aliphatic rings. The highest BCUT2D eigenvalue weighted by atomic mass is 16.2. The van der Waals surface area contributed by atoms with Gasteiger partial charge in [0.25, 0.3) is 11.8 Å². The Balaban J connectivity index is 0.975. The number of carbonyl (C=O) groups is 2. The molecule has 2 amide bonds. The Hall–Kier alpha value is -10.8. The Morgan fingerprint density at radius 2 is 0.628 bits per heavy atom. The first-order valence-corrected chi connectivity index (χ1v) is 25.6. The van der Waals surface area contributed by atoms with Gasteiger partial charge in [0.2, 0.25) is 0 Å². The van der Waals surface area contributed by atoms with Gasteiger partial charge >= 0.3 is 0 Å². The lowest BCUT2D eigenvalue weighted by molar-refractivity contribution is 0.0926. The van der Waals surface area contributed by atoms with Crippen LogP contribution in [-0.4, -0.2) is 46.3 Å². The van der Waals surface area contributed by atoms with Gasteiger partial charge in [-0.2, -0.15) is 0 Å². The quantitative estimate of drug-likeness (QED) is 0.124. The molecule has 3 aromatic heterocycles. The summed E-state index contributed by atoms with van der Waals surface area (Å²) in [6, 6.07) is 83.3. The van der Waals surface area contributed by atoms with Gasteiger partial charge < -0.3 is 4.57 Å². The van der Waals surface area contributed by atoms with Crippen LogP contribution in [0, 0.1) is 0 Å². The van der Waals surface area contributed by atoms with E-state index in [2.05, 4.69) is 34.9 Å². The van der Waals surface area contributed by atoms with Crippen LogP contribution in [0.5, 0.6) is 0 Å². The molecule has 0 atom stereocenters. The fourth-order valence-corrected chi connectivity index (χ4v) is 10.5. The van der Waals surface area contributed by atoms with Crippen LogP contribution in [-0.2, 0) is 0 Å². The van der Waals surface area contributed by atoms with E-state index in [9.17, 15) is 4.79 Å². The molecule has 0 saturated carbocycles. The molecule has 10 aromatic carbocycles. The lowest BCUT2D eigenvalue weighted by Gasteiger charge is -2.20. The summed E-state index contributed by atoms with van der Waals surface area (Å²) in [5.41, 5.74) is 11.8. The van der Waals surface area contributed by atoms with E-state index >= 15 is 4.79 Å². The standard InChI is InChI=1S/C68H42N8O2/c77-67-52-32-19-33-59(60(52)68(78)76(67)56-37-34-49(43-20-7-1-8-21-43)40-53(56)44-22-9-2-10-23-44)75-57-38-35-50(65-71-61(45-24-11-3-12-25-45)69-62(72-65)46-26-13-4-14-27-46)41-54(57)55-42-51(36-39-58(55)75)66-73-63(47-28-15-5-16-29-47)70-64(74-66)48-30-17-6-18-31-48/h1-42H. The van der Waals surface area contributed by atoms with Crippen molar-refractivity contribution in [3.63, 3.8) is 0 Å². The molecule has 14 rings (SSSR count). The number of hydrogen-bond donors (Lipinski definition) is 0. The number of amides is 2. The van der Waals surface area contributed by atoms with Gasteiger partial charge in [0.1, 0.15) is 0 Å². The first kappa shape index (κ1) is 45.7. The maximum atomic E-state index is 15.5. The maximum absolute atomic E-state index is 15.5. The molecule has 10 heteroatoms. The van der Waals surface area contributed by atoms with E-state index in [-0.39, 0.29) is 0 Å². The van der Waals surface area contributed by atoms with Crippen molar-refractivity contribution in [2.75, 3.05) is 4.90 Å². The van der Waals surface area contributed by atoms with E-state index in [0.29, 0.717) is 57.4 Å². The normalized spacial score (nSPS) is 12.1. The molecule has 13 aromatic rings. The highest BCUT2D eigenvalue weighted by molar-refractivity contribution is 6.36. The van der Waals surface area contributed by atoms with Gasteiger partial charge in [-0.1, -0.05) is 194 Å². The molecule has 10 nitrogen and oxygen atoms in total. The molecule has 0 aliphatic carbocycles. The fourth-order valence-electron chi connectivity index (χ4n) is 10.5. The van der Waals surface area contributed by atoms with E-state index in [1.807, 2.05) is 218 Å². The molecule has 0 N–H and O–H groups in total. The van der Waals surface area contributed by atoms with Gasteiger partial charge in [-0.3, -0.25) is 9.59 Å². The smallest absolute Gasteiger partial charge is 0.268 e. The van der Waals surface area contributed by atoms with Gasteiger partial charge in [-0.25, -0.2) is 34.8 Å². The van der Waals surface area contributed by atoms with E-state index in [4.69, 9.17) is 29.9 Å². The number of fused-ring (bicyclic) bond motifs is 4. The Morgan fingerprint density at radius 3 is 1.05 bits per heavy atom. The molecule has 0 fully saturated rings. The van der Waals surface area contributed by atoms with Crippen molar-refractivity contribution in [2.45, 2.75) is 0 Å². The molecule has 0 radical (unpaired) electrons. The number of carbonyl (C=O) groups excluding carboxylic acids is 2. The number of hydrogen-bond acceptors (Lipinski definition) is 8. The minimum atomic E-state index is -0.419. The van der Waals surface area contributed by atoms with Crippen molar-refractivity contribution >= 4 is 39.3 Å². The van der Waals surface area contributed by atoms with Crippen LogP contribution >= 0.6 is 0 Å². The van der Waals surface area contributed by atoms with E-state index in [0.717, 1.165) is 77.4 Å². The van der Waals surface area contributed by atoms with Gasteiger partial charge in [-0.15, -0.1) is 0 Å². The van der Waals surface area contributed by atoms with Crippen molar-refractivity contribution in [3.8, 4) is 96.3 Å². The maximum Gasteiger partial charge on any atom is 0.268 e. The lowest BCUT2D eigenvalue weighted by atomic mass is 9.97. The molecule has 0 saturated heterocycles. The van der Waals surface area contributed by atoms with Crippen LogP contribution in [0.3, 0.4) is 0 Å². The van der Waals surface area contributed by atoms with Crippen molar-refractivity contribution in [3.05, 3.63) is 266 Å². The molecule has 366 valence electrons. The van der Waals surface area contributed by atoms with Crippen LogP contribution in [0.25, 0.3) is 118 Å². The average molecular weight is 1000 g/mol. The highest BCUT2D eigenvalue weighted by Crippen LogP contribution is 2.43. The summed E-state index contributed by atoms with van der Waals surface area (Å²) in [4.78, 5) is 62.1. The lowest BCUT2D eigenvalue weighted by Crippen LogP contribution is -2.30. The predicted octanol–water partition coefficient (Wildman–Crippen LogP) is 15.3. The summed E-state index contributed by atoms with van der Waals surface area (Å²) in [6.07, 6.45) is 0. The Bertz CT molecular complexity index is 4160. The molecular weight excluding hydrogens is 961 g/mol. The summed E-state index contributed by atoms with van der Waals surface area (Å²) in [5, 5.41) is 1.70. The van der Waals surface area contributed by atoms with Gasteiger partial charge in [0, 0.05) is 49.7 Å². The third kappa shape index (κ3) is 8.08. The van der Waals surface area contributed by atoms with Crippen LogP contribution in [0.15, 0.2) is 255 Å². The Labute approximate surface area is 448 Å². The van der Waals surface area contributed by atoms with Gasteiger partial charge in [0.05, 0.1) is 33.5 Å². The Morgan fingerprint density at radius 1 is 0.256 bits per heavy atom. The van der Waals surface area contributed by atoms with E-state index < -0.39 is 11.8 Å². The number of benzene rings is 10. The number of nitrogens with zero attached hydrogens (tertiary/aromatic N) is 8. The van der Waals surface area contributed by atoms with Gasteiger partial charge in [-0.05, 0) is 77.4 Å². The van der Waals surface area contributed by atoms with Crippen LogP contribution in [0.2, 0.25) is 0 Å². The molecular formula is C68H42N8O2. The molecule has 0 spiro atoms. The number of rotatable bonds is 10. The molecule has 4 heterocycles. The zero-order chi connectivity index (χ0) is 52.1. The topological polar surface area (TPSA) is 120 Å². The minimum Gasteiger partial charge on any atom is -0.308 e.